The fourth-order valence-electron chi connectivity index (χ4n) is 8.00. The van der Waals surface area contributed by atoms with Crippen LogP contribution in [0.2, 0.25) is 0 Å². The van der Waals surface area contributed by atoms with Crippen LogP contribution < -0.4 is 0 Å². The maximum Gasteiger partial charge on any atom is 0.310 e. The summed E-state index contributed by atoms with van der Waals surface area (Å²) in [5.41, 5.74) is -4.72. The first-order chi connectivity index (χ1) is 19.9. The predicted octanol–water partition coefficient (Wildman–Crippen LogP) is 5.13. The Bertz CT molecular complexity index is 1510. The van der Waals surface area contributed by atoms with Gasteiger partial charge in [-0.25, -0.2) is 0 Å². The Morgan fingerprint density at radius 1 is 1.14 bits per heavy atom. The zero-order valence-corrected chi connectivity index (χ0v) is 26.0. The number of hydrogen-bond acceptors (Lipinski definition) is 9. The molecule has 1 aromatic rings. The van der Waals surface area contributed by atoms with Gasteiger partial charge in [0, 0.05) is 27.9 Å². The van der Waals surface area contributed by atoms with Crippen LogP contribution in [0.3, 0.4) is 0 Å². The molecule has 4 rings (SSSR count). The van der Waals surface area contributed by atoms with E-state index in [-0.39, 0.29) is 54.4 Å². The monoisotopic (exact) mass is 594 g/mol. The van der Waals surface area contributed by atoms with Crippen LogP contribution >= 0.6 is 0 Å². The molecule has 43 heavy (non-hydrogen) atoms. The maximum absolute atomic E-state index is 14.4. The van der Waals surface area contributed by atoms with Crippen LogP contribution in [0, 0.1) is 22.7 Å². The van der Waals surface area contributed by atoms with Gasteiger partial charge in [0.25, 0.3) is 0 Å². The lowest BCUT2D eigenvalue weighted by atomic mass is 9.44. The number of aliphatic hydroxyl groups is 3. The molecule has 0 radical (unpaired) electrons. The summed E-state index contributed by atoms with van der Waals surface area (Å²) in [5.74, 6) is -6.37. The number of fused-ring (bicyclic) bond motifs is 3. The smallest absolute Gasteiger partial charge is 0.310 e. The van der Waals surface area contributed by atoms with Gasteiger partial charge in [-0.15, -0.1) is 6.58 Å². The first-order valence-electron chi connectivity index (χ1n) is 14.7. The van der Waals surface area contributed by atoms with Crippen molar-refractivity contribution in [1.29, 1.82) is 0 Å². The lowest BCUT2D eigenvalue weighted by Gasteiger charge is -2.59. The molecular weight excluding hydrogens is 552 g/mol. The second kappa shape index (κ2) is 10.8. The number of ketones is 3. The van der Waals surface area contributed by atoms with Crippen molar-refractivity contribution in [3.63, 3.8) is 0 Å². The van der Waals surface area contributed by atoms with Crippen molar-refractivity contribution in [2.45, 2.75) is 85.7 Å². The number of phenols is 1. The summed E-state index contributed by atoms with van der Waals surface area (Å²) in [7, 11) is 0. The molecule has 9 nitrogen and oxygen atoms in total. The fourth-order valence-corrected chi connectivity index (χ4v) is 8.00. The van der Waals surface area contributed by atoms with Gasteiger partial charge in [-0.1, -0.05) is 53.7 Å². The number of benzene rings is 1. The van der Waals surface area contributed by atoms with E-state index in [0.717, 1.165) is 12.5 Å². The topological polar surface area (TPSA) is 158 Å². The molecule has 0 spiro atoms. The van der Waals surface area contributed by atoms with E-state index in [2.05, 4.69) is 6.58 Å². The minimum Gasteiger partial charge on any atom is -0.511 e. The summed E-state index contributed by atoms with van der Waals surface area (Å²) in [5, 5.41) is 46.7. The molecule has 4 N–H and O–H groups in total. The summed E-state index contributed by atoms with van der Waals surface area (Å²) >= 11 is 0. The van der Waals surface area contributed by atoms with Gasteiger partial charge in [0.05, 0.1) is 18.6 Å². The van der Waals surface area contributed by atoms with Crippen LogP contribution in [0.15, 0.2) is 41.4 Å². The zero-order chi connectivity index (χ0) is 32.4. The number of allylic oxidation sites excluding steroid dienone is 2. The van der Waals surface area contributed by atoms with Crippen LogP contribution in [0.5, 0.6) is 5.75 Å². The van der Waals surface area contributed by atoms with Crippen LogP contribution in [0.1, 0.15) is 94.3 Å². The first-order valence-corrected chi connectivity index (χ1v) is 14.7. The van der Waals surface area contributed by atoms with E-state index in [4.69, 9.17) is 4.74 Å². The number of rotatable bonds is 8. The highest BCUT2D eigenvalue weighted by atomic mass is 16.5. The van der Waals surface area contributed by atoms with Crippen molar-refractivity contribution in [3.8, 4) is 5.75 Å². The summed E-state index contributed by atoms with van der Waals surface area (Å²) in [6.45, 7) is 15.6. The van der Waals surface area contributed by atoms with Crippen LogP contribution in [-0.2, 0) is 32.0 Å². The van der Waals surface area contributed by atoms with Gasteiger partial charge in [0.15, 0.2) is 17.2 Å². The highest BCUT2D eigenvalue weighted by Gasteiger charge is 2.71. The molecule has 0 saturated carbocycles. The highest BCUT2D eigenvalue weighted by Crippen LogP contribution is 2.65. The number of phenolic OH excluding ortho intramolecular Hbond substituents is 1. The summed E-state index contributed by atoms with van der Waals surface area (Å²) in [6, 6.07) is 1.70. The number of aromatic hydroxyl groups is 1. The Morgan fingerprint density at radius 2 is 1.77 bits per heavy atom. The molecule has 0 aromatic heterocycles. The molecular formula is C34H42O9. The molecule has 3 aliphatic carbocycles. The van der Waals surface area contributed by atoms with Gasteiger partial charge >= 0.3 is 5.97 Å². The van der Waals surface area contributed by atoms with Crippen molar-refractivity contribution < 1.29 is 44.3 Å². The molecule has 4 atom stereocenters. The third kappa shape index (κ3) is 4.55. The Hall–Kier alpha value is -3.72. The molecule has 0 bridgehead atoms. The maximum atomic E-state index is 14.4. The van der Waals surface area contributed by atoms with Gasteiger partial charge in [0.2, 0.25) is 5.78 Å². The van der Waals surface area contributed by atoms with E-state index >= 15 is 0 Å². The number of Topliss-reactive ketones (excluding diaryl/α,β-unsaturated/α-hetero) is 3. The Morgan fingerprint density at radius 3 is 2.30 bits per heavy atom. The third-order valence-electron chi connectivity index (χ3n) is 9.66. The number of carbonyl (C=O) groups excluding carboxylic acids is 4. The van der Waals surface area contributed by atoms with Crippen molar-refractivity contribution in [3.05, 3.63) is 63.6 Å². The van der Waals surface area contributed by atoms with Crippen LogP contribution in [0.25, 0.3) is 0 Å². The molecule has 0 heterocycles. The van der Waals surface area contributed by atoms with E-state index in [9.17, 15) is 39.6 Å². The van der Waals surface area contributed by atoms with Crippen molar-refractivity contribution >= 4 is 23.3 Å². The molecule has 0 fully saturated rings. The molecule has 0 aliphatic heterocycles. The van der Waals surface area contributed by atoms with Gasteiger partial charge < -0.3 is 25.2 Å². The summed E-state index contributed by atoms with van der Waals surface area (Å²) in [4.78, 5) is 53.3. The third-order valence-corrected chi connectivity index (χ3v) is 9.66. The van der Waals surface area contributed by atoms with E-state index in [1.165, 1.54) is 0 Å². The Kier molecular flexibility index (Phi) is 8.07. The zero-order valence-electron chi connectivity index (χ0n) is 26.0. The number of ether oxygens (including phenoxy) is 1. The SMILES string of the molecule is C=CCCOC(=O)Cc1cc(C(C)C)c2c(c1O)C(=O)C1=C(O)[C@@]3(O)C(=O)C(C(C)=O)=C(O)C(C(C)C)[C@@]3(C)C[C@@]1(C)C2. The van der Waals surface area contributed by atoms with Crippen molar-refractivity contribution in [2.24, 2.45) is 22.7 Å². The molecule has 0 amide bonds. The molecule has 3 aliphatic rings. The summed E-state index contributed by atoms with van der Waals surface area (Å²) < 4.78 is 5.22. The quantitative estimate of drug-likeness (QED) is 0.138. The predicted molar refractivity (Wildman–Crippen MR) is 159 cm³/mol. The molecule has 1 aromatic carbocycles. The largest absolute Gasteiger partial charge is 0.511 e. The van der Waals surface area contributed by atoms with Crippen molar-refractivity contribution in [2.75, 3.05) is 6.61 Å². The highest BCUT2D eigenvalue weighted by molar-refractivity contribution is 6.25. The Balaban J connectivity index is 1.98. The molecule has 1 unspecified atom stereocenters. The summed E-state index contributed by atoms with van der Waals surface area (Å²) in [6.07, 6.45) is 1.96. The number of hydrogen-bond donors (Lipinski definition) is 4. The first kappa shape index (κ1) is 32.2. The average Bonchev–Trinajstić information content (AvgIpc) is 2.87. The van der Waals surface area contributed by atoms with Gasteiger partial charge in [0.1, 0.15) is 22.8 Å². The lowest BCUT2D eigenvalue weighted by molar-refractivity contribution is -0.171. The standard InChI is InChI=1S/C34H42O9/c1-9-10-11-43-22(36)13-19-12-20(16(2)3)21-14-32(7)15-33(8)25(17(4)5)28(38)23(18(6)35)30(40)34(33,42)31(41)26(32)29(39)24(21)27(19)37/h9,12,16-17,25,37-38,41-42H,1,10-11,13-15H2,2-8H3/t25?,32-,33-,34+/m1/s1. The van der Waals surface area contributed by atoms with Crippen LogP contribution in [0.4, 0.5) is 0 Å². The van der Waals surface area contributed by atoms with Gasteiger partial charge in [-0.2, -0.15) is 0 Å². The van der Waals surface area contributed by atoms with Crippen LogP contribution in [-0.4, -0.2) is 56.0 Å². The Labute approximate surface area is 252 Å². The number of esters is 1. The van der Waals surface area contributed by atoms with Crippen molar-refractivity contribution in [1.82, 2.24) is 0 Å². The van der Waals surface area contributed by atoms with Gasteiger partial charge in [-0.05, 0) is 49.1 Å². The van der Waals surface area contributed by atoms with E-state index in [0.29, 0.717) is 12.0 Å². The molecule has 232 valence electrons. The molecule has 0 saturated heterocycles. The minimum atomic E-state index is -2.68. The lowest BCUT2D eigenvalue weighted by Crippen LogP contribution is -2.67. The average molecular weight is 595 g/mol. The van der Waals surface area contributed by atoms with E-state index < -0.39 is 68.5 Å². The second-order valence-electron chi connectivity index (χ2n) is 13.4. The minimum absolute atomic E-state index is 0.0145. The molecule has 9 heteroatoms. The normalized spacial score (nSPS) is 28.6. The number of aliphatic hydroxyl groups excluding tert-OH is 2. The van der Waals surface area contributed by atoms with Gasteiger partial charge in [-0.3, -0.25) is 19.2 Å². The van der Waals surface area contributed by atoms with E-state index in [1.54, 1.807) is 39.8 Å². The fraction of sp³-hybridized carbons (Fsp3) is 0.529. The van der Waals surface area contributed by atoms with E-state index in [1.807, 2.05) is 13.8 Å². The second-order valence-corrected chi connectivity index (χ2v) is 13.4. The number of carbonyl (C=O) groups is 4.